The molecule has 3 heteroatoms. The zero-order valence-corrected chi connectivity index (χ0v) is 10.9. The molecule has 17 heavy (non-hydrogen) atoms. The van der Waals surface area contributed by atoms with Gasteiger partial charge in [-0.3, -0.25) is 0 Å². The molecule has 2 atom stereocenters. The lowest BCUT2D eigenvalue weighted by Gasteiger charge is -2.28. The number of nitrogens with one attached hydrogen (secondary N) is 1. The summed E-state index contributed by atoms with van der Waals surface area (Å²) in [6.45, 7) is 5.66. The average molecular weight is 239 g/mol. The fourth-order valence-corrected chi connectivity index (χ4v) is 2.33. The van der Waals surface area contributed by atoms with Crippen LogP contribution in [0.4, 0.5) is 0 Å². The molecule has 0 aromatic heterocycles. The van der Waals surface area contributed by atoms with Crippen LogP contribution in [0, 0.1) is 0 Å². The smallest absolute Gasteiger partial charge is 0.0690 e. The zero-order valence-electron chi connectivity index (χ0n) is 10.9. The van der Waals surface area contributed by atoms with E-state index in [-0.39, 0.29) is 0 Å². The summed E-state index contributed by atoms with van der Waals surface area (Å²) in [7, 11) is 1.80. The molecule has 3 nitrogen and oxygen atoms in total. The van der Waals surface area contributed by atoms with Gasteiger partial charge in [-0.2, -0.15) is 0 Å². The molecule has 2 rings (SSSR count). The molecule has 2 fully saturated rings. The Hall–Kier alpha value is -0.380. The SMILES string of the molecule is C=C(CNC1CC1)COC1CCCC(OC)C1. The van der Waals surface area contributed by atoms with Gasteiger partial charge in [-0.15, -0.1) is 0 Å². The lowest BCUT2D eigenvalue weighted by Crippen LogP contribution is -2.29. The number of rotatable bonds is 7. The first kappa shape index (κ1) is 13.1. The second-order valence-corrected chi connectivity index (χ2v) is 5.36. The first-order valence-electron chi connectivity index (χ1n) is 6.82. The van der Waals surface area contributed by atoms with Crippen molar-refractivity contribution in [2.75, 3.05) is 20.3 Å². The first-order valence-corrected chi connectivity index (χ1v) is 6.82. The van der Waals surface area contributed by atoms with E-state index < -0.39 is 0 Å². The summed E-state index contributed by atoms with van der Waals surface area (Å²) in [4.78, 5) is 0. The van der Waals surface area contributed by atoms with Gasteiger partial charge in [0, 0.05) is 19.7 Å². The summed E-state index contributed by atoms with van der Waals surface area (Å²) in [6, 6.07) is 0.749. The molecule has 2 aliphatic rings. The van der Waals surface area contributed by atoms with Crippen molar-refractivity contribution >= 4 is 0 Å². The molecule has 2 aliphatic carbocycles. The lowest BCUT2D eigenvalue weighted by atomic mass is 9.95. The molecule has 0 heterocycles. The summed E-state index contributed by atoms with van der Waals surface area (Å²) < 4.78 is 11.3. The van der Waals surface area contributed by atoms with Crippen molar-refractivity contribution in [2.45, 2.75) is 56.8 Å². The van der Waals surface area contributed by atoms with Gasteiger partial charge >= 0.3 is 0 Å². The molecule has 0 aromatic rings. The first-order chi connectivity index (χ1) is 8.28. The third-order valence-electron chi connectivity index (χ3n) is 3.65. The summed E-state index contributed by atoms with van der Waals surface area (Å²) in [5, 5.41) is 3.46. The quantitative estimate of drug-likeness (QED) is 0.691. The molecule has 1 N–H and O–H groups in total. The highest BCUT2D eigenvalue weighted by molar-refractivity contribution is 4.99. The Bertz CT molecular complexity index is 251. The number of ether oxygens (including phenoxy) is 2. The second-order valence-electron chi connectivity index (χ2n) is 5.36. The van der Waals surface area contributed by atoms with E-state index in [0.717, 1.165) is 24.6 Å². The summed E-state index contributed by atoms with van der Waals surface area (Å²) in [6.07, 6.45) is 8.02. The molecule has 0 bridgehead atoms. The van der Waals surface area contributed by atoms with Gasteiger partial charge in [0.2, 0.25) is 0 Å². The van der Waals surface area contributed by atoms with E-state index in [1.165, 1.54) is 32.1 Å². The van der Waals surface area contributed by atoms with E-state index in [9.17, 15) is 0 Å². The monoisotopic (exact) mass is 239 g/mol. The maximum absolute atomic E-state index is 5.91. The second kappa shape index (κ2) is 6.53. The summed E-state index contributed by atoms with van der Waals surface area (Å²) in [5.41, 5.74) is 1.16. The van der Waals surface area contributed by atoms with Crippen molar-refractivity contribution < 1.29 is 9.47 Å². The molecule has 0 aliphatic heterocycles. The van der Waals surface area contributed by atoms with Crippen molar-refractivity contribution in [3.05, 3.63) is 12.2 Å². The van der Waals surface area contributed by atoms with Gasteiger partial charge in [0.25, 0.3) is 0 Å². The van der Waals surface area contributed by atoms with Gasteiger partial charge in [-0.1, -0.05) is 6.58 Å². The maximum atomic E-state index is 5.91. The third-order valence-corrected chi connectivity index (χ3v) is 3.65. The minimum atomic E-state index is 0.367. The Morgan fingerprint density at radius 2 is 2.00 bits per heavy atom. The molecule has 0 radical (unpaired) electrons. The van der Waals surface area contributed by atoms with E-state index in [2.05, 4.69) is 11.9 Å². The van der Waals surface area contributed by atoms with Crippen LogP contribution in [0.2, 0.25) is 0 Å². The lowest BCUT2D eigenvalue weighted by molar-refractivity contribution is -0.0224. The van der Waals surface area contributed by atoms with E-state index in [0.29, 0.717) is 18.8 Å². The van der Waals surface area contributed by atoms with Crippen LogP contribution in [0.3, 0.4) is 0 Å². The van der Waals surface area contributed by atoms with Crippen LogP contribution in [0.5, 0.6) is 0 Å². The van der Waals surface area contributed by atoms with Gasteiger partial charge in [0.05, 0.1) is 18.8 Å². The van der Waals surface area contributed by atoms with Crippen LogP contribution in [0.15, 0.2) is 12.2 Å². The normalized spacial score (nSPS) is 29.2. The van der Waals surface area contributed by atoms with Crippen LogP contribution in [-0.4, -0.2) is 38.5 Å². The molecule has 98 valence electrons. The maximum Gasteiger partial charge on any atom is 0.0690 e. The third kappa shape index (κ3) is 4.78. The minimum Gasteiger partial charge on any atom is -0.381 e. The van der Waals surface area contributed by atoms with Gasteiger partial charge < -0.3 is 14.8 Å². The summed E-state index contributed by atoms with van der Waals surface area (Å²) >= 11 is 0. The van der Waals surface area contributed by atoms with Crippen molar-refractivity contribution in [1.82, 2.24) is 5.32 Å². The van der Waals surface area contributed by atoms with Crippen molar-refractivity contribution in [1.29, 1.82) is 0 Å². The van der Waals surface area contributed by atoms with Crippen molar-refractivity contribution in [3.63, 3.8) is 0 Å². The Morgan fingerprint density at radius 1 is 1.24 bits per heavy atom. The van der Waals surface area contributed by atoms with E-state index >= 15 is 0 Å². The van der Waals surface area contributed by atoms with Crippen molar-refractivity contribution in [2.24, 2.45) is 0 Å². The van der Waals surface area contributed by atoms with Crippen LogP contribution in [0.25, 0.3) is 0 Å². The molecule has 0 aromatic carbocycles. The topological polar surface area (TPSA) is 30.5 Å². The molecule has 0 amide bonds. The summed E-state index contributed by atoms with van der Waals surface area (Å²) in [5.74, 6) is 0. The molecular weight excluding hydrogens is 214 g/mol. The highest BCUT2D eigenvalue weighted by Crippen LogP contribution is 2.23. The zero-order chi connectivity index (χ0) is 12.1. The number of hydrogen-bond acceptors (Lipinski definition) is 3. The largest absolute Gasteiger partial charge is 0.381 e. The highest BCUT2D eigenvalue weighted by Gasteiger charge is 2.23. The molecule has 2 unspecified atom stereocenters. The standard InChI is InChI=1S/C14H25NO2/c1-11(9-15-12-6-7-12)10-17-14-5-3-4-13(8-14)16-2/h12-15H,1,3-10H2,2H3. The van der Waals surface area contributed by atoms with Gasteiger partial charge in [-0.25, -0.2) is 0 Å². The Morgan fingerprint density at radius 3 is 2.71 bits per heavy atom. The fraction of sp³-hybridized carbons (Fsp3) is 0.857. The molecular formula is C14H25NO2. The van der Waals surface area contributed by atoms with Gasteiger partial charge in [-0.05, 0) is 44.1 Å². The Balaban J connectivity index is 1.57. The molecule has 0 saturated heterocycles. The van der Waals surface area contributed by atoms with Crippen molar-refractivity contribution in [3.8, 4) is 0 Å². The van der Waals surface area contributed by atoms with Crippen LogP contribution in [0.1, 0.15) is 38.5 Å². The van der Waals surface area contributed by atoms with E-state index in [1.807, 2.05) is 0 Å². The number of hydrogen-bond donors (Lipinski definition) is 1. The van der Waals surface area contributed by atoms with Gasteiger partial charge in [0.1, 0.15) is 0 Å². The Kier molecular flexibility index (Phi) is 5.01. The predicted molar refractivity (Wildman–Crippen MR) is 69.2 cm³/mol. The molecule has 2 saturated carbocycles. The molecule has 0 spiro atoms. The van der Waals surface area contributed by atoms with E-state index in [4.69, 9.17) is 9.47 Å². The highest BCUT2D eigenvalue weighted by atomic mass is 16.5. The minimum absolute atomic E-state index is 0.367. The predicted octanol–water partition coefficient (Wildman–Crippen LogP) is 2.27. The van der Waals surface area contributed by atoms with Crippen LogP contribution < -0.4 is 5.32 Å². The van der Waals surface area contributed by atoms with Crippen LogP contribution in [-0.2, 0) is 9.47 Å². The number of methoxy groups -OCH3 is 1. The fourth-order valence-electron chi connectivity index (χ4n) is 2.33. The average Bonchev–Trinajstić information content (AvgIpc) is 3.18. The van der Waals surface area contributed by atoms with Gasteiger partial charge in [0.15, 0.2) is 0 Å². The van der Waals surface area contributed by atoms with Crippen LogP contribution >= 0.6 is 0 Å². The Labute approximate surface area is 105 Å². The van der Waals surface area contributed by atoms with E-state index in [1.54, 1.807) is 7.11 Å².